The zero-order chi connectivity index (χ0) is 19.6. The molecule has 0 unspecified atom stereocenters. The van der Waals surface area contributed by atoms with Crippen LogP contribution in [-0.2, 0) is 24.9 Å². The summed E-state index contributed by atoms with van der Waals surface area (Å²) in [5, 5.41) is 0. The topological polar surface area (TPSA) is 90.1 Å². The number of halogens is 1. The Labute approximate surface area is 163 Å². The third kappa shape index (κ3) is 3.82. The van der Waals surface area contributed by atoms with Crippen LogP contribution in [0, 0.1) is 0 Å². The first kappa shape index (κ1) is 19.0. The fourth-order valence-electron chi connectivity index (χ4n) is 3.01. The van der Waals surface area contributed by atoms with Gasteiger partial charge in [-0.2, -0.15) is 0 Å². The maximum absolute atomic E-state index is 12.5. The number of hydrazine groups is 1. The number of fused-ring (bicyclic) bond motifs is 1. The highest BCUT2D eigenvalue weighted by molar-refractivity contribution is 9.10. The van der Waals surface area contributed by atoms with Gasteiger partial charge in [0.15, 0.2) is 0 Å². The molecular formula is C18H20BrN5O3. The summed E-state index contributed by atoms with van der Waals surface area (Å²) in [4.78, 5) is 36.7. The van der Waals surface area contributed by atoms with E-state index in [9.17, 15) is 14.4 Å². The predicted octanol–water partition coefficient (Wildman–Crippen LogP) is 1.78. The average molecular weight is 434 g/mol. The van der Waals surface area contributed by atoms with Gasteiger partial charge in [-0.3, -0.25) is 29.6 Å². The van der Waals surface area contributed by atoms with E-state index >= 15 is 0 Å². The Balaban J connectivity index is 1.64. The van der Waals surface area contributed by atoms with Crippen LogP contribution in [0.5, 0.6) is 0 Å². The molecule has 0 saturated heterocycles. The van der Waals surface area contributed by atoms with Crippen LogP contribution >= 0.6 is 15.9 Å². The van der Waals surface area contributed by atoms with Crippen molar-refractivity contribution in [1.82, 2.24) is 24.6 Å². The molecule has 2 N–H and O–H groups in total. The molecule has 2 heterocycles. The van der Waals surface area contributed by atoms with Gasteiger partial charge in [0.25, 0.3) is 5.91 Å². The lowest BCUT2D eigenvalue weighted by molar-refractivity contribution is -0.122. The van der Waals surface area contributed by atoms with Gasteiger partial charge in [-0.25, -0.2) is 4.79 Å². The monoisotopic (exact) mass is 433 g/mol. The Kier molecular flexibility index (Phi) is 5.50. The quantitative estimate of drug-likeness (QED) is 0.600. The van der Waals surface area contributed by atoms with Crippen LogP contribution in [0.15, 0.2) is 45.8 Å². The molecule has 142 valence electrons. The van der Waals surface area contributed by atoms with E-state index in [4.69, 9.17) is 0 Å². The molecule has 0 aliphatic heterocycles. The molecule has 0 fully saturated rings. The Morgan fingerprint density at radius 2 is 1.78 bits per heavy atom. The first-order chi connectivity index (χ1) is 12.9. The number of nitrogens with one attached hydrogen (secondary N) is 2. The van der Waals surface area contributed by atoms with E-state index in [1.54, 1.807) is 33.0 Å². The van der Waals surface area contributed by atoms with Crippen LogP contribution in [-0.4, -0.2) is 25.5 Å². The van der Waals surface area contributed by atoms with Crippen molar-refractivity contribution in [2.75, 3.05) is 0 Å². The summed E-state index contributed by atoms with van der Waals surface area (Å²) in [5.41, 5.74) is 6.66. The van der Waals surface area contributed by atoms with E-state index in [2.05, 4.69) is 26.8 Å². The number of amides is 2. The van der Waals surface area contributed by atoms with Crippen molar-refractivity contribution in [3.63, 3.8) is 0 Å². The van der Waals surface area contributed by atoms with Crippen LogP contribution in [0.1, 0.15) is 23.8 Å². The molecule has 0 aliphatic carbocycles. The Morgan fingerprint density at radius 3 is 2.37 bits per heavy atom. The minimum Gasteiger partial charge on any atom is -0.345 e. The predicted molar refractivity (Wildman–Crippen MR) is 105 cm³/mol. The van der Waals surface area contributed by atoms with Gasteiger partial charge in [0.2, 0.25) is 5.91 Å². The molecule has 0 atom stereocenters. The molecule has 8 nitrogen and oxygen atoms in total. The molecule has 0 saturated carbocycles. The van der Waals surface area contributed by atoms with Crippen molar-refractivity contribution < 1.29 is 9.59 Å². The largest absolute Gasteiger partial charge is 0.345 e. The van der Waals surface area contributed by atoms with E-state index < -0.39 is 5.91 Å². The average Bonchev–Trinajstić information content (AvgIpc) is 3.13. The van der Waals surface area contributed by atoms with Crippen LogP contribution in [0.4, 0.5) is 0 Å². The highest BCUT2D eigenvalue weighted by Crippen LogP contribution is 2.14. The lowest BCUT2D eigenvalue weighted by atomic mass is 10.3. The number of carbonyl (C=O) groups is 2. The molecule has 27 heavy (non-hydrogen) atoms. The van der Waals surface area contributed by atoms with Gasteiger partial charge < -0.3 is 4.57 Å². The number of aromatic nitrogens is 3. The summed E-state index contributed by atoms with van der Waals surface area (Å²) in [6.45, 7) is 2.69. The Morgan fingerprint density at radius 1 is 1.11 bits per heavy atom. The minimum atomic E-state index is -0.420. The number of imidazole rings is 1. The summed E-state index contributed by atoms with van der Waals surface area (Å²) >= 11 is 3.29. The number of benzene rings is 1. The van der Waals surface area contributed by atoms with Crippen LogP contribution < -0.4 is 16.5 Å². The van der Waals surface area contributed by atoms with Crippen LogP contribution in [0.2, 0.25) is 0 Å². The van der Waals surface area contributed by atoms with Crippen LogP contribution in [0.25, 0.3) is 11.0 Å². The van der Waals surface area contributed by atoms with Gasteiger partial charge in [0.05, 0.1) is 11.0 Å². The zero-order valence-corrected chi connectivity index (χ0v) is 16.6. The van der Waals surface area contributed by atoms with Crippen molar-refractivity contribution in [1.29, 1.82) is 0 Å². The molecule has 3 rings (SSSR count). The van der Waals surface area contributed by atoms with Gasteiger partial charge in [-0.1, -0.05) is 12.1 Å². The van der Waals surface area contributed by atoms with Gasteiger partial charge in [0, 0.05) is 37.2 Å². The Bertz CT molecular complexity index is 1060. The lowest BCUT2D eigenvalue weighted by Crippen LogP contribution is -2.42. The molecule has 9 heteroatoms. The zero-order valence-electron chi connectivity index (χ0n) is 15.0. The summed E-state index contributed by atoms with van der Waals surface area (Å²) in [6.07, 6.45) is 1.81. The number of hydrogen-bond donors (Lipinski definition) is 2. The van der Waals surface area contributed by atoms with E-state index in [1.807, 2.05) is 31.2 Å². The number of para-hydroxylation sites is 2. The highest BCUT2D eigenvalue weighted by Gasteiger charge is 2.14. The summed E-state index contributed by atoms with van der Waals surface area (Å²) < 4.78 is 5.66. The number of nitrogens with zero attached hydrogens (tertiary/aromatic N) is 3. The van der Waals surface area contributed by atoms with Gasteiger partial charge in [-0.15, -0.1) is 0 Å². The van der Waals surface area contributed by atoms with E-state index in [-0.39, 0.29) is 24.6 Å². The summed E-state index contributed by atoms with van der Waals surface area (Å²) in [5.74, 6) is -0.798. The van der Waals surface area contributed by atoms with Gasteiger partial charge >= 0.3 is 5.69 Å². The normalized spacial score (nSPS) is 10.9. The fraction of sp³-hybridized carbons (Fsp3) is 0.278. The summed E-state index contributed by atoms with van der Waals surface area (Å²) in [6, 6.07) is 9.13. The van der Waals surface area contributed by atoms with Crippen molar-refractivity contribution in [3.8, 4) is 0 Å². The molecule has 3 aromatic rings. The first-order valence-electron chi connectivity index (χ1n) is 8.51. The third-order valence-electron chi connectivity index (χ3n) is 4.32. The smallest absolute Gasteiger partial charge is 0.329 e. The Hall–Kier alpha value is -2.81. The fourth-order valence-corrected chi connectivity index (χ4v) is 3.53. The molecule has 0 spiro atoms. The maximum Gasteiger partial charge on any atom is 0.329 e. The molecule has 0 aliphatic rings. The molecule has 1 aromatic carbocycles. The highest BCUT2D eigenvalue weighted by atomic mass is 79.9. The second-order valence-electron chi connectivity index (χ2n) is 6.07. The molecule has 2 aromatic heterocycles. The summed E-state index contributed by atoms with van der Waals surface area (Å²) in [7, 11) is 1.73. The molecular weight excluding hydrogens is 414 g/mol. The van der Waals surface area contributed by atoms with Crippen LogP contribution in [0.3, 0.4) is 0 Å². The van der Waals surface area contributed by atoms with E-state index in [0.29, 0.717) is 12.2 Å². The SMILES string of the molecule is CCn1c(=O)n(CCC(=O)NNC(=O)c2cc(Br)cn2C)c2ccccc21. The van der Waals surface area contributed by atoms with Gasteiger partial charge in [0.1, 0.15) is 5.69 Å². The van der Waals surface area contributed by atoms with Gasteiger partial charge in [-0.05, 0) is 41.1 Å². The number of aryl methyl sites for hydroxylation is 3. The molecule has 0 bridgehead atoms. The molecule has 2 amide bonds. The second-order valence-corrected chi connectivity index (χ2v) is 6.99. The molecule has 0 radical (unpaired) electrons. The van der Waals surface area contributed by atoms with E-state index in [0.717, 1.165) is 15.5 Å². The van der Waals surface area contributed by atoms with E-state index in [1.165, 1.54) is 0 Å². The standard InChI is InChI=1S/C18H20BrN5O3/c1-3-23-13-6-4-5-7-14(13)24(18(23)27)9-8-16(25)20-21-17(26)15-10-12(19)11-22(15)2/h4-7,10-11H,3,8-9H2,1-2H3,(H,20,25)(H,21,26). The first-order valence-corrected chi connectivity index (χ1v) is 9.30. The maximum atomic E-state index is 12.5. The second kappa shape index (κ2) is 7.83. The van der Waals surface area contributed by atoms with Crippen molar-refractivity contribution in [3.05, 3.63) is 57.2 Å². The third-order valence-corrected chi connectivity index (χ3v) is 4.76. The minimum absolute atomic E-state index is 0.0642. The number of hydrogen-bond acceptors (Lipinski definition) is 3. The number of rotatable bonds is 5. The van der Waals surface area contributed by atoms with Crippen molar-refractivity contribution >= 4 is 38.8 Å². The van der Waals surface area contributed by atoms with Crippen molar-refractivity contribution in [2.24, 2.45) is 7.05 Å². The lowest BCUT2D eigenvalue weighted by Gasteiger charge is -2.08. The van der Waals surface area contributed by atoms with Crippen molar-refractivity contribution in [2.45, 2.75) is 26.4 Å². The number of carbonyl (C=O) groups excluding carboxylic acids is 2.